The van der Waals surface area contributed by atoms with Gasteiger partial charge in [0.25, 0.3) is 0 Å². The molecule has 0 amide bonds. The van der Waals surface area contributed by atoms with Crippen LogP contribution in [0.3, 0.4) is 0 Å². The Balaban J connectivity index is 2.01. The lowest BCUT2D eigenvalue weighted by molar-refractivity contribution is -0.0366. The van der Waals surface area contributed by atoms with Gasteiger partial charge in [-0.15, -0.1) is 11.8 Å². The predicted octanol–water partition coefficient (Wildman–Crippen LogP) is 0.227. The Morgan fingerprint density at radius 3 is 3.00 bits per heavy atom. The Hall–Kier alpha value is -1.05. The number of ether oxygens (including phenoxy) is 1. The van der Waals surface area contributed by atoms with E-state index in [1.54, 1.807) is 24.0 Å². The van der Waals surface area contributed by atoms with E-state index >= 15 is 0 Å². The van der Waals surface area contributed by atoms with Gasteiger partial charge in [-0.05, 0) is 18.2 Å². The van der Waals surface area contributed by atoms with E-state index in [9.17, 15) is 9.90 Å². The van der Waals surface area contributed by atoms with E-state index in [1.165, 1.54) is 4.57 Å². The van der Waals surface area contributed by atoms with Crippen molar-refractivity contribution in [2.45, 2.75) is 30.4 Å². The molecule has 2 saturated heterocycles. The molecule has 7 heteroatoms. The van der Waals surface area contributed by atoms with Gasteiger partial charge >= 0.3 is 5.69 Å². The molecule has 1 aromatic heterocycles. The van der Waals surface area contributed by atoms with Gasteiger partial charge in [0.2, 0.25) is 0 Å². The number of aliphatic hydroxyl groups is 1. The van der Waals surface area contributed by atoms with Crippen LogP contribution in [-0.2, 0) is 4.74 Å². The fraction of sp³-hybridized carbons (Fsp3) is 0.667. The predicted molar refractivity (Wildman–Crippen MR) is 72.9 cm³/mol. The number of nitrogen functional groups attached to an aromatic ring is 1. The van der Waals surface area contributed by atoms with Crippen molar-refractivity contribution in [3.63, 3.8) is 0 Å². The topological polar surface area (TPSA) is 90.4 Å². The number of hydrogen-bond donors (Lipinski definition) is 2. The summed E-state index contributed by atoms with van der Waals surface area (Å²) in [5.41, 5.74) is 5.11. The number of hydrogen-bond acceptors (Lipinski definition) is 6. The third-order valence-corrected chi connectivity index (χ3v) is 5.92. The van der Waals surface area contributed by atoms with Crippen LogP contribution in [0.2, 0.25) is 0 Å². The van der Waals surface area contributed by atoms with Crippen LogP contribution in [0.15, 0.2) is 17.1 Å². The molecule has 6 nitrogen and oxygen atoms in total. The molecule has 3 N–H and O–H groups in total. The molecule has 2 aliphatic heterocycles. The highest BCUT2D eigenvalue weighted by Crippen LogP contribution is 2.59. The smallest absolute Gasteiger partial charge is 0.351 e. The summed E-state index contributed by atoms with van der Waals surface area (Å²) in [7, 11) is 0. The molecule has 3 heterocycles. The first kappa shape index (κ1) is 13.0. The van der Waals surface area contributed by atoms with Gasteiger partial charge in [0, 0.05) is 12.1 Å². The first-order valence-corrected chi connectivity index (χ1v) is 7.32. The molecule has 4 atom stereocenters. The first-order valence-electron chi connectivity index (χ1n) is 6.33. The summed E-state index contributed by atoms with van der Waals surface area (Å²) in [6, 6.07) is 1.60. The lowest BCUT2D eigenvalue weighted by atomic mass is 9.87. The van der Waals surface area contributed by atoms with Crippen LogP contribution in [0.25, 0.3) is 0 Å². The van der Waals surface area contributed by atoms with Crippen molar-refractivity contribution in [2.75, 3.05) is 18.1 Å². The SMILES string of the molecule is C[C@@H]1[C@@H](CO)O[C@@H](n2ccc(N)nc2=O)[C@@]12CCS2. The summed E-state index contributed by atoms with van der Waals surface area (Å²) < 4.78 is 7.26. The van der Waals surface area contributed by atoms with Gasteiger partial charge < -0.3 is 15.6 Å². The van der Waals surface area contributed by atoms with Gasteiger partial charge in [-0.25, -0.2) is 4.79 Å². The highest BCUT2D eigenvalue weighted by Gasteiger charge is 2.59. The maximum absolute atomic E-state index is 12.0. The molecule has 0 unspecified atom stereocenters. The van der Waals surface area contributed by atoms with Gasteiger partial charge in [0.15, 0.2) is 6.23 Å². The number of thioether (sulfide) groups is 1. The second-order valence-corrected chi connectivity index (χ2v) is 6.55. The van der Waals surface area contributed by atoms with Crippen molar-refractivity contribution in [3.8, 4) is 0 Å². The number of nitrogens with zero attached hydrogens (tertiary/aromatic N) is 2. The second-order valence-electron chi connectivity index (χ2n) is 5.09. The Morgan fingerprint density at radius 1 is 1.74 bits per heavy atom. The van der Waals surface area contributed by atoms with E-state index < -0.39 is 5.69 Å². The van der Waals surface area contributed by atoms with Crippen molar-refractivity contribution in [2.24, 2.45) is 5.92 Å². The second kappa shape index (κ2) is 4.50. The largest absolute Gasteiger partial charge is 0.394 e. The van der Waals surface area contributed by atoms with Gasteiger partial charge in [-0.3, -0.25) is 4.57 Å². The van der Waals surface area contributed by atoms with Crippen molar-refractivity contribution in [1.82, 2.24) is 9.55 Å². The van der Waals surface area contributed by atoms with Crippen LogP contribution >= 0.6 is 11.8 Å². The number of aliphatic hydroxyl groups excluding tert-OH is 1. The van der Waals surface area contributed by atoms with E-state index in [1.807, 2.05) is 0 Å². The molecule has 0 saturated carbocycles. The quantitative estimate of drug-likeness (QED) is 0.807. The van der Waals surface area contributed by atoms with Crippen molar-refractivity contribution < 1.29 is 9.84 Å². The summed E-state index contributed by atoms with van der Waals surface area (Å²) in [5, 5.41) is 9.41. The third-order valence-electron chi connectivity index (χ3n) is 4.20. The van der Waals surface area contributed by atoms with Crippen molar-refractivity contribution in [1.29, 1.82) is 0 Å². The molecule has 2 aliphatic rings. The summed E-state index contributed by atoms with van der Waals surface area (Å²) >= 11 is 1.80. The minimum Gasteiger partial charge on any atom is -0.394 e. The molecule has 19 heavy (non-hydrogen) atoms. The van der Waals surface area contributed by atoms with Gasteiger partial charge in [-0.1, -0.05) is 6.92 Å². The average molecular weight is 283 g/mol. The molecule has 2 fully saturated rings. The zero-order valence-electron chi connectivity index (χ0n) is 10.7. The van der Waals surface area contributed by atoms with Crippen LogP contribution in [-0.4, -0.2) is 37.9 Å². The highest BCUT2D eigenvalue weighted by atomic mass is 32.2. The van der Waals surface area contributed by atoms with Crippen LogP contribution < -0.4 is 11.4 Å². The zero-order valence-corrected chi connectivity index (χ0v) is 11.5. The minimum absolute atomic E-state index is 0.0306. The van der Waals surface area contributed by atoms with E-state index in [0.29, 0.717) is 0 Å². The molecule has 0 radical (unpaired) electrons. The summed E-state index contributed by atoms with van der Waals surface area (Å²) in [5.74, 6) is 1.46. The minimum atomic E-state index is -0.400. The lowest BCUT2D eigenvalue weighted by Gasteiger charge is -2.44. The summed E-state index contributed by atoms with van der Waals surface area (Å²) in [6.07, 6.45) is 2.00. The van der Waals surface area contributed by atoms with E-state index in [0.717, 1.165) is 12.2 Å². The van der Waals surface area contributed by atoms with Crippen LogP contribution in [0.1, 0.15) is 19.6 Å². The molecule has 0 aliphatic carbocycles. The molecule has 0 bridgehead atoms. The maximum Gasteiger partial charge on any atom is 0.351 e. The van der Waals surface area contributed by atoms with Crippen molar-refractivity contribution in [3.05, 3.63) is 22.7 Å². The normalized spacial score (nSPS) is 37.5. The number of nitrogens with two attached hydrogens (primary N) is 1. The number of rotatable bonds is 2. The van der Waals surface area contributed by atoms with Gasteiger partial charge in [-0.2, -0.15) is 4.98 Å². The molecule has 104 valence electrons. The average Bonchev–Trinajstić information content (AvgIpc) is 2.62. The molecule has 1 aromatic rings. The van der Waals surface area contributed by atoms with E-state index in [4.69, 9.17) is 10.5 Å². The molecule has 0 aromatic carbocycles. The first-order chi connectivity index (χ1) is 9.08. The Bertz CT molecular complexity index is 543. The standard InChI is InChI=1S/C12H17N3O3S/c1-7-8(6-16)18-10(12(7)3-5-19-12)15-4-2-9(13)14-11(15)17/h2,4,7-8,10,16H,3,5-6H2,1H3,(H2,13,14,17)/t7-,8-,10-,12-/m1/s1. The Morgan fingerprint density at radius 2 is 2.47 bits per heavy atom. The molecule has 3 rings (SSSR count). The summed E-state index contributed by atoms with van der Waals surface area (Å²) in [6.45, 7) is 2.04. The van der Waals surface area contributed by atoms with Crippen LogP contribution in [0, 0.1) is 5.92 Å². The fourth-order valence-corrected chi connectivity index (χ4v) is 4.34. The number of aromatic nitrogens is 2. The summed E-state index contributed by atoms with van der Waals surface area (Å²) in [4.78, 5) is 15.7. The van der Waals surface area contributed by atoms with E-state index in [-0.39, 0.29) is 35.4 Å². The van der Waals surface area contributed by atoms with Gasteiger partial charge in [0.05, 0.1) is 17.5 Å². The Kier molecular flexibility index (Phi) is 3.07. The number of anilines is 1. The molecular weight excluding hydrogens is 266 g/mol. The monoisotopic (exact) mass is 283 g/mol. The highest BCUT2D eigenvalue weighted by molar-refractivity contribution is 8.02. The molecule has 1 spiro atoms. The molecular formula is C12H17N3O3S. The Labute approximate surface area is 115 Å². The fourth-order valence-electron chi connectivity index (χ4n) is 2.94. The van der Waals surface area contributed by atoms with E-state index in [2.05, 4.69) is 11.9 Å². The van der Waals surface area contributed by atoms with Gasteiger partial charge in [0.1, 0.15) is 5.82 Å². The third kappa shape index (κ3) is 1.79. The van der Waals surface area contributed by atoms with Crippen LogP contribution in [0.5, 0.6) is 0 Å². The van der Waals surface area contributed by atoms with Crippen LogP contribution in [0.4, 0.5) is 5.82 Å². The zero-order chi connectivity index (χ0) is 13.6. The van der Waals surface area contributed by atoms with Crippen molar-refractivity contribution >= 4 is 17.6 Å². The maximum atomic E-state index is 12.0. The lowest BCUT2D eigenvalue weighted by Crippen LogP contribution is -2.47.